The highest BCUT2D eigenvalue weighted by molar-refractivity contribution is 5.96. The number of carbonyl (C=O) groups is 3. The highest BCUT2D eigenvalue weighted by Gasteiger charge is 2.60. The summed E-state index contributed by atoms with van der Waals surface area (Å²) in [7, 11) is 0. The number of fused-ring (bicyclic) bond motifs is 1. The van der Waals surface area contributed by atoms with Crippen LogP contribution in [0.2, 0.25) is 0 Å². The lowest BCUT2D eigenvalue weighted by Gasteiger charge is -2.22. The van der Waals surface area contributed by atoms with Crippen molar-refractivity contribution in [1.82, 2.24) is 0 Å². The number of hydrogen-bond acceptors (Lipinski definition) is 12. The molecular formula is C38H44O12. The quantitative estimate of drug-likeness (QED) is 0.113. The number of para-hydroxylation sites is 1. The molecule has 2 aromatic carbocycles. The summed E-state index contributed by atoms with van der Waals surface area (Å²) in [4.78, 5) is 44.3. The van der Waals surface area contributed by atoms with Gasteiger partial charge in [0.15, 0.2) is 12.9 Å². The third-order valence-electron chi connectivity index (χ3n) is 8.43. The van der Waals surface area contributed by atoms with Crippen LogP contribution in [0.25, 0.3) is 0 Å². The van der Waals surface area contributed by atoms with Crippen molar-refractivity contribution in [1.29, 1.82) is 0 Å². The van der Waals surface area contributed by atoms with E-state index in [1.807, 2.05) is 12.1 Å². The van der Waals surface area contributed by atoms with Crippen LogP contribution in [0.4, 0.5) is 0 Å². The molecule has 1 N–H and O–H groups in total. The topological polar surface area (TPSA) is 153 Å². The van der Waals surface area contributed by atoms with Crippen molar-refractivity contribution in [2.75, 3.05) is 20.0 Å². The molecule has 1 aliphatic carbocycles. The van der Waals surface area contributed by atoms with E-state index in [1.165, 1.54) is 32.1 Å². The normalized spacial score (nSPS) is 22.7. The monoisotopic (exact) mass is 692 g/mol. The van der Waals surface area contributed by atoms with Gasteiger partial charge in [-0.05, 0) is 57.4 Å². The van der Waals surface area contributed by atoms with Gasteiger partial charge in [0, 0.05) is 17.6 Å². The second-order valence-electron chi connectivity index (χ2n) is 12.3. The summed E-state index contributed by atoms with van der Waals surface area (Å²) in [5.41, 5.74) is 0.364. The Labute approximate surface area is 291 Å². The van der Waals surface area contributed by atoms with Gasteiger partial charge in [-0.15, -0.1) is 0 Å². The first kappa shape index (κ1) is 38.2. The Hall–Kier alpha value is -4.58. The molecule has 50 heavy (non-hydrogen) atoms. The van der Waals surface area contributed by atoms with E-state index in [0.29, 0.717) is 41.5 Å². The zero-order valence-electron chi connectivity index (χ0n) is 28.4. The highest BCUT2D eigenvalue weighted by atomic mass is 16.7. The van der Waals surface area contributed by atoms with Gasteiger partial charge in [-0.3, -0.25) is 0 Å². The zero-order chi connectivity index (χ0) is 36.0. The van der Waals surface area contributed by atoms with Gasteiger partial charge < -0.3 is 38.3 Å². The first-order chi connectivity index (χ1) is 24.1. The predicted molar refractivity (Wildman–Crippen MR) is 180 cm³/mol. The first-order valence-electron chi connectivity index (χ1n) is 16.6. The first-order valence-corrected chi connectivity index (χ1v) is 16.6. The lowest BCUT2D eigenvalue weighted by molar-refractivity contribution is -0.151. The molecule has 12 heteroatoms. The lowest BCUT2D eigenvalue weighted by Crippen LogP contribution is -2.40. The largest absolute Gasteiger partial charge is 0.467 e. The highest BCUT2D eigenvalue weighted by Crippen LogP contribution is 2.46. The molecule has 12 nitrogen and oxygen atoms in total. The van der Waals surface area contributed by atoms with Crippen LogP contribution in [-0.2, 0) is 38.1 Å². The van der Waals surface area contributed by atoms with Gasteiger partial charge in [0.05, 0.1) is 37.1 Å². The Kier molecular flexibility index (Phi) is 14.5. The Morgan fingerprint density at radius 3 is 2.24 bits per heavy atom. The fraction of sp³-hybridized carbons (Fsp3) is 0.447. The molecule has 6 rings (SSSR count). The summed E-state index contributed by atoms with van der Waals surface area (Å²) >= 11 is 0. The standard InChI is InChI=1S/C17H22O4.C11H12O5.C10H10O3/c1-13(2)17(18)21-16-10-6-9-15(11-16)20-12-19-14-7-4-3-5-8-14;1-5(3-12)11(13)16-9-7-2-6-4-14-10(9)8(6)15-7;1-8(7-11)10(12)13-9-5-3-2-4-6-9/h6,9-11,14H,1,3-5,7-8,12H2,2H3;6-10H,2,4H2,1H3;2-6,11H,1,7H2. The molecule has 0 spiro atoms. The molecule has 268 valence electrons. The number of carbonyl (C=O) groups excluding carboxylic acids is 4. The third kappa shape index (κ3) is 11.0. The van der Waals surface area contributed by atoms with E-state index < -0.39 is 17.9 Å². The fourth-order valence-electron chi connectivity index (χ4n) is 5.72. The molecule has 3 aliphatic heterocycles. The van der Waals surface area contributed by atoms with Crippen LogP contribution < -0.4 is 14.2 Å². The zero-order valence-corrected chi connectivity index (χ0v) is 28.4. The van der Waals surface area contributed by atoms with E-state index in [9.17, 15) is 19.2 Å². The van der Waals surface area contributed by atoms with Crippen molar-refractivity contribution in [3.05, 3.63) is 84.5 Å². The van der Waals surface area contributed by atoms with Gasteiger partial charge in [0.25, 0.3) is 0 Å². The lowest BCUT2D eigenvalue weighted by atomic mass is 9.88. The summed E-state index contributed by atoms with van der Waals surface area (Å²) in [5, 5.41) is 8.58. The van der Waals surface area contributed by atoms with Gasteiger partial charge in [-0.2, -0.15) is 0 Å². The van der Waals surface area contributed by atoms with E-state index in [0.717, 1.165) is 19.3 Å². The van der Waals surface area contributed by atoms with Crippen molar-refractivity contribution in [2.24, 2.45) is 5.92 Å². The van der Waals surface area contributed by atoms with Crippen LogP contribution in [-0.4, -0.2) is 79.5 Å². The van der Waals surface area contributed by atoms with Gasteiger partial charge in [0.2, 0.25) is 0 Å². The average Bonchev–Trinajstić information content (AvgIpc) is 3.78. The van der Waals surface area contributed by atoms with Crippen LogP contribution in [0.3, 0.4) is 0 Å². The molecule has 1 saturated carbocycles. The molecule has 4 fully saturated rings. The molecule has 3 heterocycles. The van der Waals surface area contributed by atoms with Crippen LogP contribution in [0, 0.1) is 5.92 Å². The second-order valence-corrected chi connectivity index (χ2v) is 12.3. The van der Waals surface area contributed by atoms with Gasteiger partial charge in [-0.25, -0.2) is 19.2 Å². The minimum atomic E-state index is -0.622. The Bertz CT molecular complexity index is 1540. The van der Waals surface area contributed by atoms with Gasteiger partial charge in [0.1, 0.15) is 34.9 Å². The molecule has 5 atom stereocenters. The van der Waals surface area contributed by atoms with Crippen LogP contribution >= 0.6 is 0 Å². The maximum Gasteiger partial charge on any atom is 0.345 e. The van der Waals surface area contributed by atoms with Crippen LogP contribution in [0.5, 0.6) is 17.2 Å². The van der Waals surface area contributed by atoms with E-state index in [1.54, 1.807) is 49.4 Å². The molecule has 5 unspecified atom stereocenters. The Balaban J connectivity index is 0.000000174. The molecule has 4 aliphatic rings. The maximum atomic E-state index is 11.5. The molecule has 2 bridgehead atoms. The predicted octanol–water partition coefficient (Wildman–Crippen LogP) is 4.86. The van der Waals surface area contributed by atoms with Crippen molar-refractivity contribution >= 4 is 23.8 Å². The molecule has 0 aromatic heterocycles. The number of hydrogen-bond donors (Lipinski definition) is 1. The van der Waals surface area contributed by atoms with Crippen LogP contribution in [0.1, 0.15) is 52.4 Å². The second kappa shape index (κ2) is 19.0. The summed E-state index contributed by atoms with van der Waals surface area (Å²) in [6.45, 7) is 10.4. The summed E-state index contributed by atoms with van der Waals surface area (Å²) in [6, 6.07) is 15.6. The number of benzene rings is 2. The maximum absolute atomic E-state index is 11.5. The molecule has 2 aromatic rings. The number of ether oxygens (including phenoxy) is 7. The number of aliphatic hydroxyl groups excluding tert-OH is 1. The van der Waals surface area contributed by atoms with Crippen molar-refractivity contribution < 1.29 is 57.4 Å². The smallest absolute Gasteiger partial charge is 0.345 e. The summed E-state index contributed by atoms with van der Waals surface area (Å²) in [5.74, 6) is 1.84. The van der Waals surface area contributed by atoms with E-state index in [2.05, 4.69) is 13.2 Å². The average molecular weight is 693 g/mol. The van der Waals surface area contributed by atoms with E-state index in [-0.39, 0.29) is 49.0 Å². The molecule has 0 amide bonds. The van der Waals surface area contributed by atoms with Crippen molar-refractivity contribution in [3.63, 3.8) is 0 Å². The van der Waals surface area contributed by atoms with Gasteiger partial charge in [-0.1, -0.05) is 56.7 Å². The number of rotatable bonds is 11. The Morgan fingerprint density at radius 1 is 0.880 bits per heavy atom. The molecule has 3 saturated heterocycles. The molecule has 0 radical (unpaired) electrons. The minimum Gasteiger partial charge on any atom is -0.467 e. The van der Waals surface area contributed by atoms with Crippen molar-refractivity contribution in [2.45, 2.75) is 82.9 Å². The SMILES string of the molecule is C=C(C)C(=O)Oc1cccc(OCOC2CCCCC2)c1.C=C(CO)C(=O)Oc1ccccc1.CC(=C=O)C(=O)OC1C2CC3COC1C3O2. The number of esters is 3. The fourth-order valence-corrected chi connectivity index (χ4v) is 5.72. The molecular weight excluding hydrogens is 648 g/mol. The number of aliphatic hydroxyl groups is 1. The van der Waals surface area contributed by atoms with E-state index >= 15 is 0 Å². The minimum absolute atomic E-state index is 0.0441. The van der Waals surface area contributed by atoms with E-state index in [4.69, 9.17) is 38.3 Å². The summed E-state index contributed by atoms with van der Waals surface area (Å²) in [6.07, 6.45) is 6.68. The third-order valence-corrected chi connectivity index (χ3v) is 8.43. The van der Waals surface area contributed by atoms with Crippen molar-refractivity contribution in [3.8, 4) is 17.2 Å². The van der Waals surface area contributed by atoms with Crippen LogP contribution in [0.15, 0.2) is 84.5 Å². The summed E-state index contributed by atoms with van der Waals surface area (Å²) < 4.78 is 37.7. The Morgan fingerprint density at radius 2 is 1.56 bits per heavy atom. The van der Waals surface area contributed by atoms with Gasteiger partial charge >= 0.3 is 17.9 Å².